The summed E-state index contributed by atoms with van der Waals surface area (Å²) in [4.78, 5) is 46.9. The van der Waals surface area contributed by atoms with E-state index in [4.69, 9.17) is 19.7 Å². The molecule has 1 amide bonds. The molecule has 0 aliphatic heterocycles. The summed E-state index contributed by atoms with van der Waals surface area (Å²) in [5, 5.41) is 39.2. The van der Waals surface area contributed by atoms with Crippen molar-refractivity contribution in [3.8, 4) is 22.6 Å². The van der Waals surface area contributed by atoms with Gasteiger partial charge in [-0.1, -0.05) is 94.3 Å². The van der Waals surface area contributed by atoms with Gasteiger partial charge in [-0.3, -0.25) is 28.8 Å². The minimum atomic E-state index is -1.08. The first kappa shape index (κ1) is 52.1. The molecule has 3 aromatic carbocycles. The van der Waals surface area contributed by atoms with Crippen LogP contribution in [0.3, 0.4) is 0 Å². The summed E-state index contributed by atoms with van der Waals surface area (Å²) < 4.78 is 29.1. The molecule has 1 saturated carbocycles. The summed E-state index contributed by atoms with van der Waals surface area (Å²) in [6.07, 6.45) is 16.3. The number of benzene rings is 3. The molecule has 15 heteroatoms. The van der Waals surface area contributed by atoms with Crippen LogP contribution in [0.5, 0.6) is 11.5 Å². The molecule has 67 heavy (non-hydrogen) atoms. The normalized spacial score (nSPS) is 13.1. The fraction of sp³-hybridized carbons (Fsp3) is 0.538. The zero-order valence-corrected chi connectivity index (χ0v) is 39.5. The first-order valence-electron chi connectivity index (χ1n) is 23.9. The molecular formula is C52H70FN5O9. The lowest BCUT2D eigenvalue weighted by atomic mass is 9.82. The number of ether oxygens (including phenoxy) is 2. The van der Waals surface area contributed by atoms with Gasteiger partial charge in [0.15, 0.2) is 0 Å². The van der Waals surface area contributed by atoms with E-state index in [-0.39, 0.29) is 49.1 Å². The molecule has 4 aromatic rings. The smallest absolute Gasteiger partial charge is 0.317 e. The number of unbranched alkanes of at least 4 members (excludes halogenated alkanes) is 8. The molecule has 1 aliphatic rings. The molecule has 5 rings (SSSR count). The average molecular weight is 928 g/mol. The standard InChI is InChI=1S/C52H70FN5O9/c1-52(2,36-58-32-41(55-56-58)16-11-9-7-5-4-6-8-10-12-18-48(59)54-25-14-26-57(33-50(62)63)34-51(64)65)31-40-27-37(19-23-44(40)46-29-42(66-3)22-24-47(46)53)35-67-43-17-13-15-39(28-43)45(30-49(60)61)38-20-21-38/h13,15,17,19,22-24,27-29,32,38,45H,4-12,14,16,18,20-21,25-26,30-31,33-36H2,1-3H3,(H,54,59)(H,60,61)(H,62,63)(H,64,65)/t45-/m0/s1. The topological polar surface area (TPSA) is 193 Å². The summed E-state index contributed by atoms with van der Waals surface area (Å²) in [7, 11) is 1.57. The number of rotatable bonds is 33. The summed E-state index contributed by atoms with van der Waals surface area (Å²) in [5.41, 5.74) is 4.83. The van der Waals surface area contributed by atoms with Crippen molar-refractivity contribution in [2.75, 3.05) is 33.3 Å². The van der Waals surface area contributed by atoms with E-state index in [2.05, 4.69) is 35.5 Å². The van der Waals surface area contributed by atoms with Gasteiger partial charge < -0.3 is 30.1 Å². The van der Waals surface area contributed by atoms with Crippen LogP contribution in [0.2, 0.25) is 0 Å². The molecule has 364 valence electrons. The largest absolute Gasteiger partial charge is 0.497 e. The molecule has 0 radical (unpaired) electrons. The van der Waals surface area contributed by atoms with Crippen molar-refractivity contribution in [3.63, 3.8) is 0 Å². The van der Waals surface area contributed by atoms with E-state index in [1.807, 2.05) is 47.3 Å². The van der Waals surface area contributed by atoms with Gasteiger partial charge in [0, 0.05) is 37.8 Å². The number of nitrogens with zero attached hydrogens (tertiary/aromatic N) is 4. The number of carboxylic acid groups (broad SMARTS) is 3. The number of aromatic nitrogens is 3. The summed E-state index contributed by atoms with van der Waals surface area (Å²) in [5.74, 6) is -1.70. The van der Waals surface area contributed by atoms with E-state index in [9.17, 15) is 24.3 Å². The Morgan fingerprint density at radius 3 is 2.21 bits per heavy atom. The van der Waals surface area contributed by atoms with Crippen molar-refractivity contribution in [2.45, 2.75) is 136 Å². The predicted octanol–water partition coefficient (Wildman–Crippen LogP) is 9.33. The van der Waals surface area contributed by atoms with E-state index < -0.39 is 17.9 Å². The van der Waals surface area contributed by atoms with Crippen LogP contribution in [0.4, 0.5) is 4.39 Å². The van der Waals surface area contributed by atoms with Crippen LogP contribution in [0.1, 0.15) is 132 Å². The van der Waals surface area contributed by atoms with E-state index in [1.54, 1.807) is 19.2 Å². The third-order valence-electron chi connectivity index (χ3n) is 12.3. The van der Waals surface area contributed by atoms with Gasteiger partial charge in [0.05, 0.1) is 32.3 Å². The second-order valence-electron chi connectivity index (χ2n) is 18.9. The van der Waals surface area contributed by atoms with Gasteiger partial charge in [-0.25, -0.2) is 4.39 Å². The fourth-order valence-electron chi connectivity index (χ4n) is 8.81. The zero-order valence-electron chi connectivity index (χ0n) is 39.5. The highest BCUT2D eigenvalue weighted by Crippen LogP contribution is 2.45. The summed E-state index contributed by atoms with van der Waals surface area (Å²) in [6.45, 7) is 5.25. The monoisotopic (exact) mass is 928 g/mol. The van der Waals surface area contributed by atoms with Crippen LogP contribution in [0.15, 0.2) is 66.9 Å². The van der Waals surface area contributed by atoms with Gasteiger partial charge in [-0.05, 0) is 115 Å². The average Bonchev–Trinajstić information content (AvgIpc) is 4.03. The Labute approximate surface area is 394 Å². The maximum atomic E-state index is 15.5. The molecule has 1 heterocycles. The van der Waals surface area contributed by atoms with Crippen molar-refractivity contribution in [1.29, 1.82) is 0 Å². The predicted molar refractivity (Wildman–Crippen MR) is 254 cm³/mol. The number of hydrogen-bond acceptors (Lipinski definition) is 9. The van der Waals surface area contributed by atoms with Crippen molar-refractivity contribution in [2.24, 2.45) is 11.3 Å². The molecule has 0 spiro atoms. The maximum absolute atomic E-state index is 15.5. The minimum Gasteiger partial charge on any atom is -0.497 e. The van der Waals surface area contributed by atoms with Crippen LogP contribution < -0.4 is 14.8 Å². The molecule has 1 atom stereocenters. The number of amides is 1. The Morgan fingerprint density at radius 2 is 1.54 bits per heavy atom. The number of nitrogens with one attached hydrogen (secondary N) is 1. The lowest BCUT2D eigenvalue weighted by molar-refractivity contribution is -0.142. The number of aliphatic carboxylic acids is 3. The first-order valence-corrected chi connectivity index (χ1v) is 23.9. The van der Waals surface area contributed by atoms with Crippen molar-refractivity contribution >= 4 is 23.8 Å². The number of aryl methyl sites for hydroxylation is 1. The number of carboxylic acids is 3. The Bertz CT molecular complexity index is 2210. The summed E-state index contributed by atoms with van der Waals surface area (Å²) in [6, 6.07) is 18.6. The Morgan fingerprint density at radius 1 is 0.836 bits per heavy atom. The lowest BCUT2D eigenvalue weighted by Crippen LogP contribution is -2.36. The van der Waals surface area contributed by atoms with Crippen molar-refractivity contribution in [3.05, 3.63) is 95.1 Å². The first-order chi connectivity index (χ1) is 32.2. The highest BCUT2D eigenvalue weighted by atomic mass is 19.1. The zero-order chi connectivity index (χ0) is 48.2. The van der Waals surface area contributed by atoms with E-state index in [0.29, 0.717) is 61.9 Å². The maximum Gasteiger partial charge on any atom is 0.317 e. The second kappa shape index (κ2) is 26.5. The molecule has 0 saturated heterocycles. The number of hydrogen-bond donors (Lipinski definition) is 4. The highest BCUT2D eigenvalue weighted by molar-refractivity contribution is 5.76. The van der Waals surface area contributed by atoms with E-state index in [1.165, 1.54) is 17.4 Å². The molecule has 1 fully saturated rings. The lowest BCUT2D eigenvalue weighted by Gasteiger charge is -2.26. The second-order valence-corrected chi connectivity index (χ2v) is 18.9. The molecule has 4 N–H and O–H groups in total. The highest BCUT2D eigenvalue weighted by Gasteiger charge is 2.34. The summed E-state index contributed by atoms with van der Waals surface area (Å²) >= 11 is 0. The number of halogens is 1. The van der Waals surface area contributed by atoms with Crippen LogP contribution in [-0.4, -0.2) is 92.3 Å². The quantitative estimate of drug-likeness (QED) is 0.0332. The molecule has 1 aliphatic carbocycles. The molecular weight excluding hydrogens is 858 g/mol. The Hall–Kier alpha value is -5.83. The number of methoxy groups -OCH3 is 1. The molecule has 0 bridgehead atoms. The van der Waals surface area contributed by atoms with Gasteiger partial charge in [0.25, 0.3) is 0 Å². The van der Waals surface area contributed by atoms with Crippen molar-refractivity contribution in [1.82, 2.24) is 25.2 Å². The third-order valence-corrected chi connectivity index (χ3v) is 12.3. The van der Waals surface area contributed by atoms with Gasteiger partial charge >= 0.3 is 17.9 Å². The third kappa shape index (κ3) is 18.8. The van der Waals surface area contributed by atoms with E-state index >= 15 is 4.39 Å². The van der Waals surface area contributed by atoms with Gasteiger partial charge in [0.1, 0.15) is 23.9 Å². The molecule has 0 unspecified atom stereocenters. The van der Waals surface area contributed by atoms with Gasteiger partial charge in [0.2, 0.25) is 5.91 Å². The van der Waals surface area contributed by atoms with Crippen LogP contribution in [-0.2, 0) is 45.2 Å². The Kier molecular flexibility index (Phi) is 20.6. The SMILES string of the molecule is COc1ccc(F)c(-c2ccc(COc3cccc([C@@H](CC(=O)O)C4CC4)c3)cc2CC(C)(C)Cn2cc(CCCCCCCCCCCC(=O)NCCCN(CC(=O)O)CC(=O)O)nn2)c1. The number of carbonyl (C=O) groups is 4. The van der Waals surface area contributed by atoms with Gasteiger partial charge in [-0.15, -0.1) is 5.10 Å². The molecule has 14 nitrogen and oxygen atoms in total. The van der Waals surface area contributed by atoms with Gasteiger partial charge in [-0.2, -0.15) is 0 Å². The molecule has 1 aromatic heterocycles. The van der Waals surface area contributed by atoms with E-state index in [0.717, 1.165) is 98.6 Å². The Balaban J connectivity index is 1.03. The van der Waals surface area contributed by atoms with Crippen molar-refractivity contribution < 1.29 is 48.4 Å². The number of carbonyl (C=O) groups excluding carboxylic acids is 1. The van der Waals surface area contributed by atoms with Crippen LogP contribution in [0, 0.1) is 17.2 Å². The minimum absolute atomic E-state index is 0.0247. The fourth-order valence-corrected chi connectivity index (χ4v) is 8.81. The van der Waals surface area contributed by atoms with Crippen LogP contribution in [0.25, 0.3) is 11.1 Å². The van der Waals surface area contributed by atoms with Crippen LogP contribution >= 0.6 is 0 Å².